The number of nitrogens with two attached hydrogens (primary N) is 1. The number of carbonyl (C=O) groups is 1. The van der Waals surface area contributed by atoms with E-state index in [0.29, 0.717) is 17.3 Å². The van der Waals surface area contributed by atoms with Crippen molar-refractivity contribution in [1.29, 1.82) is 0 Å². The second-order valence-corrected chi connectivity index (χ2v) is 10.4. The number of benzene rings is 1. The van der Waals surface area contributed by atoms with Gasteiger partial charge in [-0.25, -0.2) is 14.7 Å². The zero-order chi connectivity index (χ0) is 23.8. The first-order chi connectivity index (χ1) is 15.6. The van der Waals surface area contributed by atoms with Gasteiger partial charge in [-0.05, 0) is 49.9 Å². The highest BCUT2D eigenvalue weighted by Crippen LogP contribution is 2.39. The predicted molar refractivity (Wildman–Crippen MR) is 128 cm³/mol. The van der Waals surface area contributed by atoms with E-state index in [1.807, 2.05) is 30.3 Å². The van der Waals surface area contributed by atoms with Gasteiger partial charge in [0.1, 0.15) is 11.6 Å². The molecule has 2 aromatic heterocycles. The van der Waals surface area contributed by atoms with E-state index in [4.69, 9.17) is 5.73 Å². The third kappa shape index (κ3) is 4.41. The van der Waals surface area contributed by atoms with Gasteiger partial charge in [0.15, 0.2) is 5.03 Å². The van der Waals surface area contributed by atoms with Crippen molar-refractivity contribution >= 4 is 27.6 Å². The van der Waals surface area contributed by atoms with Gasteiger partial charge in [0.2, 0.25) is 0 Å². The molecule has 0 radical (unpaired) electrons. The van der Waals surface area contributed by atoms with Crippen LogP contribution in [-0.4, -0.2) is 36.4 Å². The molecule has 33 heavy (non-hydrogen) atoms. The van der Waals surface area contributed by atoms with E-state index < -0.39 is 15.9 Å². The average Bonchev–Trinajstić information content (AvgIpc) is 3.05. The van der Waals surface area contributed by atoms with E-state index in [1.54, 1.807) is 12.3 Å². The minimum atomic E-state index is -4.22. The van der Waals surface area contributed by atoms with Crippen LogP contribution in [0.5, 0.6) is 0 Å². The number of nitrogens with one attached hydrogen (secondary N) is 1. The van der Waals surface area contributed by atoms with Crippen molar-refractivity contribution in [3.05, 3.63) is 66.4 Å². The summed E-state index contributed by atoms with van der Waals surface area (Å²) in [7, 11) is -4.22. The third-order valence-electron chi connectivity index (χ3n) is 6.41. The van der Waals surface area contributed by atoms with Crippen LogP contribution in [0, 0.1) is 5.92 Å². The zero-order valence-electron chi connectivity index (χ0n) is 18.8. The number of carbonyl (C=O) groups excluding carboxylic acids is 1. The average molecular weight is 466 g/mol. The van der Waals surface area contributed by atoms with Crippen LogP contribution in [0.1, 0.15) is 37.6 Å². The Hall–Kier alpha value is -3.46. The van der Waals surface area contributed by atoms with Crippen molar-refractivity contribution in [2.24, 2.45) is 5.92 Å². The number of amides is 1. The lowest BCUT2D eigenvalue weighted by Crippen LogP contribution is -2.43. The molecular weight excluding hydrogens is 438 g/mol. The van der Waals surface area contributed by atoms with Crippen molar-refractivity contribution in [2.45, 2.75) is 37.8 Å². The fourth-order valence-corrected chi connectivity index (χ4v) is 4.99. The van der Waals surface area contributed by atoms with Crippen LogP contribution in [0.2, 0.25) is 0 Å². The highest BCUT2D eigenvalue weighted by Gasteiger charge is 2.41. The molecule has 0 saturated carbocycles. The van der Waals surface area contributed by atoms with Gasteiger partial charge < -0.3 is 10.6 Å². The standard InChI is InChI=1S/C24H27N5O3S/c1-16-12-13-29(24(16,2)3)22-19(14-18(15-26-22)17-8-5-4-6-9-17)23(30)28-33(31,32)21-11-7-10-20(25)27-21/h4-11,14-16H,12-13H2,1-3H3,(H2,25,27)(H,28,30). The number of nitrogen functional groups attached to an aromatic ring is 1. The lowest BCUT2D eigenvalue weighted by atomic mass is 9.90. The molecule has 0 bridgehead atoms. The van der Waals surface area contributed by atoms with E-state index >= 15 is 0 Å². The quantitative estimate of drug-likeness (QED) is 0.592. The Bertz CT molecular complexity index is 1290. The van der Waals surface area contributed by atoms with Crippen LogP contribution < -0.4 is 15.4 Å². The minimum absolute atomic E-state index is 0.0477. The smallest absolute Gasteiger partial charge is 0.281 e. The molecule has 1 amide bonds. The normalized spacial score (nSPS) is 17.7. The molecule has 172 valence electrons. The molecule has 1 aromatic carbocycles. The molecule has 1 unspecified atom stereocenters. The molecule has 1 atom stereocenters. The van der Waals surface area contributed by atoms with Gasteiger partial charge in [-0.3, -0.25) is 4.79 Å². The third-order valence-corrected chi connectivity index (χ3v) is 7.64. The first kappa shape index (κ1) is 22.7. The highest BCUT2D eigenvalue weighted by molar-refractivity contribution is 7.90. The molecule has 1 aliphatic rings. The van der Waals surface area contributed by atoms with E-state index in [0.717, 1.165) is 18.5 Å². The lowest BCUT2D eigenvalue weighted by Gasteiger charge is -2.36. The Kier molecular flexibility index (Phi) is 5.84. The molecule has 3 N–H and O–H groups in total. The number of hydrogen-bond acceptors (Lipinski definition) is 7. The molecule has 0 aliphatic carbocycles. The maximum Gasteiger partial charge on any atom is 0.281 e. The number of rotatable bonds is 5. The maximum absolute atomic E-state index is 13.4. The molecular formula is C24H27N5O3S. The largest absolute Gasteiger partial charge is 0.384 e. The Morgan fingerprint density at radius 3 is 2.48 bits per heavy atom. The van der Waals surface area contributed by atoms with Gasteiger partial charge in [0.25, 0.3) is 15.9 Å². The SMILES string of the molecule is CC1CCN(c2ncc(-c3ccccc3)cc2C(=O)NS(=O)(=O)c2cccc(N)n2)C1(C)C. The Morgan fingerprint density at radius 2 is 1.85 bits per heavy atom. The minimum Gasteiger partial charge on any atom is -0.384 e. The summed E-state index contributed by atoms with van der Waals surface area (Å²) >= 11 is 0. The number of hydrogen-bond donors (Lipinski definition) is 2. The first-order valence-corrected chi connectivity index (χ1v) is 12.2. The first-order valence-electron chi connectivity index (χ1n) is 10.7. The monoisotopic (exact) mass is 465 g/mol. The number of pyridine rings is 2. The second-order valence-electron chi connectivity index (χ2n) is 8.79. The van der Waals surface area contributed by atoms with Gasteiger partial charge >= 0.3 is 0 Å². The zero-order valence-corrected chi connectivity index (χ0v) is 19.6. The summed E-state index contributed by atoms with van der Waals surface area (Å²) in [5, 5.41) is -0.320. The van der Waals surface area contributed by atoms with Crippen molar-refractivity contribution in [3.8, 4) is 11.1 Å². The van der Waals surface area contributed by atoms with Crippen molar-refractivity contribution in [3.63, 3.8) is 0 Å². The van der Waals surface area contributed by atoms with Crippen LogP contribution in [0.3, 0.4) is 0 Å². The molecule has 9 heteroatoms. The van der Waals surface area contributed by atoms with Gasteiger partial charge in [0.05, 0.1) is 5.56 Å². The van der Waals surface area contributed by atoms with Gasteiger partial charge in [-0.2, -0.15) is 8.42 Å². The van der Waals surface area contributed by atoms with Gasteiger partial charge in [0, 0.05) is 23.8 Å². The lowest BCUT2D eigenvalue weighted by molar-refractivity contribution is 0.0981. The van der Waals surface area contributed by atoms with E-state index in [9.17, 15) is 13.2 Å². The van der Waals surface area contributed by atoms with Crippen LogP contribution >= 0.6 is 0 Å². The number of sulfonamides is 1. The Balaban J connectivity index is 1.78. The molecule has 4 rings (SSSR count). The van der Waals surface area contributed by atoms with E-state index in [-0.39, 0.29) is 21.9 Å². The van der Waals surface area contributed by atoms with Crippen LogP contribution in [0.15, 0.2) is 65.8 Å². The van der Waals surface area contributed by atoms with Crippen LogP contribution in [0.25, 0.3) is 11.1 Å². The summed E-state index contributed by atoms with van der Waals surface area (Å²) in [5.41, 5.74) is 7.16. The predicted octanol–water partition coefficient (Wildman–Crippen LogP) is 3.47. The number of aromatic nitrogens is 2. The summed E-state index contributed by atoms with van der Waals surface area (Å²) < 4.78 is 27.8. The topological polar surface area (TPSA) is 118 Å². The fourth-order valence-electron chi connectivity index (χ4n) is 4.05. The number of anilines is 2. The second kappa shape index (κ2) is 8.47. The van der Waals surface area contributed by atoms with Crippen molar-refractivity contribution in [2.75, 3.05) is 17.2 Å². The highest BCUT2D eigenvalue weighted by atomic mass is 32.2. The molecule has 3 heterocycles. The molecule has 3 aromatic rings. The van der Waals surface area contributed by atoms with Crippen molar-refractivity contribution < 1.29 is 13.2 Å². The molecule has 8 nitrogen and oxygen atoms in total. The van der Waals surface area contributed by atoms with Crippen LogP contribution in [-0.2, 0) is 10.0 Å². The summed E-state index contributed by atoms with van der Waals surface area (Å²) in [6.45, 7) is 7.09. The summed E-state index contributed by atoms with van der Waals surface area (Å²) in [6, 6.07) is 15.4. The van der Waals surface area contributed by atoms with Crippen molar-refractivity contribution in [1.82, 2.24) is 14.7 Å². The Labute approximate surface area is 193 Å². The summed E-state index contributed by atoms with van der Waals surface area (Å²) in [6.07, 6.45) is 2.66. The fraction of sp³-hybridized carbons (Fsp3) is 0.292. The summed E-state index contributed by atoms with van der Waals surface area (Å²) in [4.78, 5) is 23.9. The van der Waals surface area contributed by atoms with E-state index in [2.05, 4.69) is 40.4 Å². The molecule has 1 fully saturated rings. The Morgan fingerprint density at radius 1 is 1.12 bits per heavy atom. The van der Waals surface area contributed by atoms with Gasteiger partial charge in [-0.1, -0.05) is 43.3 Å². The maximum atomic E-state index is 13.4. The number of nitrogens with zero attached hydrogens (tertiary/aromatic N) is 3. The molecule has 0 spiro atoms. The van der Waals surface area contributed by atoms with Gasteiger partial charge in [-0.15, -0.1) is 0 Å². The van der Waals surface area contributed by atoms with E-state index in [1.165, 1.54) is 18.2 Å². The summed E-state index contributed by atoms with van der Waals surface area (Å²) in [5.74, 6) is 0.114. The van der Waals surface area contributed by atoms with Crippen LogP contribution in [0.4, 0.5) is 11.6 Å². The molecule has 1 saturated heterocycles. The molecule has 1 aliphatic heterocycles.